The number of rotatable bonds is 2. The quantitative estimate of drug-likeness (QED) is 0.877. The summed E-state index contributed by atoms with van der Waals surface area (Å²) in [5.41, 5.74) is 8.40. The SMILES string of the molecule is Cc1noc(C)c1C(C)N1CCC(N)C(C)C1C. The van der Waals surface area contributed by atoms with Crippen LogP contribution in [0.3, 0.4) is 0 Å². The van der Waals surface area contributed by atoms with Gasteiger partial charge in [0.2, 0.25) is 0 Å². The second kappa shape index (κ2) is 5.02. The average molecular weight is 251 g/mol. The lowest BCUT2D eigenvalue weighted by atomic mass is 9.86. The van der Waals surface area contributed by atoms with Gasteiger partial charge in [-0.25, -0.2) is 0 Å². The number of nitrogens with zero attached hydrogens (tertiary/aromatic N) is 2. The highest BCUT2D eigenvalue weighted by Gasteiger charge is 2.34. The molecule has 4 heteroatoms. The maximum Gasteiger partial charge on any atom is 0.138 e. The van der Waals surface area contributed by atoms with Gasteiger partial charge in [0.1, 0.15) is 5.76 Å². The molecule has 2 heterocycles. The van der Waals surface area contributed by atoms with Crippen molar-refractivity contribution in [3.8, 4) is 0 Å². The molecule has 102 valence electrons. The highest BCUT2D eigenvalue weighted by atomic mass is 16.5. The molecule has 1 fully saturated rings. The van der Waals surface area contributed by atoms with Crippen LogP contribution >= 0.6 is 0 Å². The van der Waals surface area contributed by atoms with E-state index in [1.807, 2.05) is 13.8 Å². The molecule has 1 aliphatic rings. The number of piperidine rings is 1. The first kappa shape index (κ1) is 13.6. The maximum atomic E-state index is 6.15. The predicted octanol–water partition coefficient (Wildman–Crippen LogP) is 2.41. The van der Waals surface area contributed by atoms with Crippen molar-refractivity contribution in [1.82, 2.24) is 10.1 Å². The first-order chi connectivity index (χ1) is 8.43. The Balaban J connectivity index is 2.21. The number of aromatic nitrogens is 1. The molecule has 1 aliphatic heterocycles. The molecule has 0 aliphatic carbocycles. The smallest absolute Gasteiger partial charge is 0.138 e. The van der Waals surface area contributed by atoms with E-state index < -0.39 is 0 Å². The zero-order valence-corrected chi connectivity index (χ0v) is 12.1. The monoisotopic (exact) mass is 251 g/mol. The van der Waals surface area contributed by atoms with Crippen molar-refractivity contribution in [3.63, 3.8) is 0 Å². The van der Waals surface area contributed by atoms with Gasteiger partial charge in [0.25, 0.3) is 0 Å². The Labute approximate surface area is 110 Å². The number of aryl methyl sites for hydroxylation is 2. The standard InChI is InChI=1S/C14H25N3O/c1-8-10(3)17(7-6-13(8)15)11(4)14-9(2)16-18-12(14)5/h8,10-11,13H,6-7,15H2,1-5H3. The fraction of sp³-hybridized carbons (Fsp3) is 0.786. The fourth-order valence-electron chi connectivity index (χ4n) is 3.22. The van der Waals surface area contributed by atoms with Crippen LogP contribution < -0.4 is 5.73 Å². The topological polar surface area (TPSA) is 55.3 Å². The van der Waals surface area contributed by atoms with Crippen LogP contribution in [-0.4, -0.2) is 28.7 Å². The molecule has 0 bridgehead atoms. The van der Waals surface area contributed by atoms with E-state index in [1.54, 1.807) is 0 Å². The van der Waals surface area contributed by atoms with Gasteiger partial charge in [-0.05, 0) is 40.0 Å². The summed E-state index contributed by atoms with van der Waals surface area (Å²) in [6.07, 6.45) is 1.07. The summed E-state index contributed by atoms with van der Waals surface area (Å²) < 4.78 is 5.29. The summed E-state index contributed by atoms with van der Waals surface area (Å²) >= 11 is 0. The maximum absolute atomic E-state index is 6.15. The van der Waals surface area contributed by atoms with Gasteiger partial charge in [0.05, 0.1) is 5.69 Å². The summed E-state index contributed by atoms with van der Waals surface area (Å²) in [6, 6.07) is 1.17. The predicted molar refractivity (Wildman–Crippen MR) is 72.3 cm³/mol. The third kappa shape index (κ3) is 2.19. The molecule has 0 radical (unpaired) electrons. The van der Waals surface area contributed by atoms with E-state index in [0.717, 1.165) is 24.4 Å². The minimum Gasteiger partial charge on any atom is -0.361 e. The van der Waals surface area contributed by atoms with Crippen LogP contribution in [0.25, 0.3) is 0 Å². The lowest BCUT2D eigenvalue weighted by Gasteiger charge is -2.44. The number of hydrogen-bond acceptors (Lipinski definition) is 4. The van der Waals surface area contributed by atoms with Gasteiger partial charge in [-0.1, -0.05) is 12.1 Å². The van der Waals surface area contributed by atoms with Gasteiger partial charge < -0.3 is 10.3 Å². The molecule has 2 N–H and O–H groups in total. The Morgan fingerprint density at radius 1 is 1.39 bits per heavy atom. The molecule has 4 nitrogen and oxygen atoms in total. The van der Waals surface area contributed by atoms with Crippen molar-refractivity contribution in [2.45, 2.75) is 59.2 Å². The first-order valence-corrected chi connectivity index (χ1v) is 6.87. The van der Waals surface area contributed by atoms with E-state index >= 15 is 0 Å². The Bertz CT molecular complexity index is 396. The molecule has 0 saturated carbocycles. The Morgan fingerprint density at radius 3 is 2.61 bits per heavy atom. The molecule has 1 aromatic rings. The van der Waals surface area contributed by atoms with Crippen LogP contribution in [0, 0.1) is 19.8 Å². The molecule has 18 heavy (non-hydrogen) atoms. The van der Waals surface area contributed by atoms with Gasteiger partial charge in [0, 0.05) is 30.2 Å². The van der Waals surface area contributed by atoms with Crippen LogP contribution in [0.4, 0.5) is 0 Å². The van der Waals surface area contributed by atoms with Crippen LogP contribution in [0.1, 0.15) is 50.3 Å². The van der Waals surface area contributed by atoms with E-state index in [2.05, 4.69) is 30.8 Å². The third-order valence-electron chi connectivity index (χ3n) is 4.68. The number of nitrogens with two attached hydrogens (primary N) is 1. The van der Waals surface area contributed by atoms with Gasteiger partial charge in [0.15, 0.2) is 0 Å². The summed E-state index contributed by atoms with van der Waals surface area (Å²) in [4.78, 5) is 2.53. The van der Waals surface area contributed by atoms with Crippen LogP contribution in [0.5, 0.6) is 0 Å². The lowest BCUT2D eigenvalue weighted by Crippen LogP contribution is -2.52. The van der Waals surface area contributed by atoms with Crippen molar-refractivity contribution in [2.75, 3.05) is 6.54 Å². The molecule has 0 amide bonds. The van der Waals surface area contributed by atoms with E-state index in [4.69, 9.17) is 10.3 Å². The lowest BCUT2D eigenvalue weighted by molar-refractivity contribution is 0.0619. The number of hydrogen-bond donors (Lipinski definition) is 1. The molecule has 2 rings (SSSR count). The highest BCUT2D eigenvalue weighted by Crippen LogP contribution is 2.33. The van der Waals surface area contributed by atoms with Gasteiger partial charge in [-0.3, -0.25) is 4.90 Å². The Morgan fingerprint density at radius 2 is 2.06 bits per heavy atom. The molecule has 1 aromatic heterocycles. The van der Waals surface area contributed by atoms with Crippen LogP contribution in [0.15, 0.2) is 4.52 Å². The van der Waals surface area contributed by atoms with E-state index in [9.17, 15) is 0 Å². The van der Waals surface area contributed by atoms with Gasteiger partial charge in [-0.15, -0.1) is 0 Å². The minimum atomic E-state index is 0.327. The summed E-state index contributed by atoms with van der Waals surface area (Å²) in [7, 11) is 0. The molecular weight excluding hydrogens is 226 g/mol. The second-order valence-electron chi connectivity index (χ2n) is 5.70. The summed E-state index contributed by atoms with van der Waals surface area (Å²) in [5, 5.41) is 4.06. The fourth-order valence-corrected chi connectivity index (χ4v) is 3.22. The van der Waals surface area contributed by atoms with Crippen molar-refractivity contribution >= 4 is 0 Å². The zero-order chi connectivity index (χ0) is 13.4. The van der Waals surface area contributed by atoms with E-state index in [1.165, 1.54) is 5.56 Å². The summed E-state index contributed by atoms with van der Waals surface area (Å²) in [6.45, 7) is 11.8. The van der Waals surface area contributed by atoms with Crippen molar-refractivity contribution in [2.24, 2.45) is 11.7 Å². The van der Waals surface area contributed by atoms with Crippen molar-refractivity contribution in [1.29, 1.82) is 0 Å². The molecule has 1 saturated heterocycles. The van der Waals surface area contributed by atoms with Crippen LogP contribution in [0.2, 0.25) is 0 Å². The molecule has 0 aromatic carbocycles. The largest absolute Gasteiger partial charge is 0.361 e. The summed E-state index contributed by atoms with van der Waals surface area (Å²) in [5.74, 6) is 1.47. The van der Waals surface area contributed by atoms with Crippen LogP contribution in [-0.2, 0) is 0 Å². The van der Waals surface area contributed by atoms with E-state index in [0.29, 0.717) is 24.0 Å². The van der Waals surface area contributed by atoms with E-state index in [-0.39, 0.29) is 0 Å². The molecular formula is C14H25N3O. The second-order valence-corrected chi connectivity index (χ2v) is 5.70. The van der Waals surface area contributed by atoms with Gasteiger partial charge in [-0.2, -0.15) is 0 Å². The number of likely N-dealkylation sites (tertiary alicyclic amines) is 1. The first-order valence-electron chi connectivity index (χ1n) is 6.87. The molecule has 0 spiro atoms. The zero-order valence-electron chi connectivity index (χ0n) is 12.1. The highest BCUT2D eigenvalue weighted by molar-refractivity contribution is 5.25. The molecule has 4 unspecified atom stereocenters. The molecule has 4 atom stereocenters. The Hall–Kier alpha value is -0.870. The van der Waals surface area contributed by atoms with Crippen molar-refractivity contribution in [3.05, 3.63) is 17.0 Å². The Kier molecular flexibility index (Phi) is 3.78. The third-order valence-corrected chi connectivity index (χ3v) is 4.68. The average Bonchev–Trinajstić information content (AvgIpc) is 2.65. The minimum absolute atomic E-state index is 0.327. The van der Waals surface area contributed by atoms with Gasteiger partial charge >= 0.3 is 0 Å². The normalized spacial score (nSPS) is 31.6. The van der Waals surface area contributed by atoms with Crippen molar-refractivity contribution < 1.29 is 4.52 Å².